The molecule has 21 heavy (non-hydrogen) atoms. The Bertz CT molecular complexity index is 665. The number of benzene rings is 1. The molecular weight excluding hydrogens is 264 g/mol. The number of hydrogen-bond acceptors (Lipinski definition) is 3. The molecule has 1 aromatic heterocycles. The van der Waals surface area contributed by atoms with Crippen molar-refractivity contribution in [3.8, 4) is 0 Å². The van der Waals surface area contributed by atoms with Gasteiger partial charge >= 0.3 is 0 Å². The van der Waals surface area contributed by atoms with E-state index in [1.165, 1.54) is 6.42 Å². The van der Waals surface area contributed by atoms with Crippen LogP contribution in [0.3, 0.4) is 0 Å². The van der Waals surface area contributed by atoms with E-state index in [9.17, 15) is 9.90 Å². The molecule has 1 fully saturated rings. The zero-order valence-corrected chi connectivity index (χ0v) is 12.2. The largest absolute Gasteiger partial charge is 0.395 e. The number of rotatable bonds is 5. The smallest absolute Gasteiger partial charge is 0.256 e. The molecule has 0 bridgehead atoms. The van der Waals surface area contributed by atoms with E-state index >= 15 is 0 Å². The summed E-state index contributed by atoms with van der Waals surface area (Å²) in [5.41, 5.74) is 0.996. The Balaban J connectivity index is 1.64. The van der Waals surface area contributed by atoms with Crippen molar-refractivity contribution >= 4 is 10.8 Å². The third kappa shape index (κ3) is 3.17. The lowest BCUT2D eigenvalue weighted by Crippen LogP contribution is -2.33. The number of pyridine rings is 1. The Morgan fingerprint density at radius 2 is 2.19 bits per heavy atom. The molecule has 2 heterocycles. The molecule has 0 amide bonds. The first-order chi connectivity index (χ1) is 10.3. The predicted molar refractivity (Wildman–Crippen MR) is 84.6 cm³/mol. The summed E-state index contributed by atoms with van der Waals surface area (Å²) < 4.78 is 0. The molecule has 1 aliphatic heterocycles. The number of nitrogens with one attached hydrogen (secondary N) is 1. The highest BCUT2D eigenvalue weighted by Crippen LogP contribution is 2.17. The Hall–Kier alpha value is -1.65. The van der Waals surface area contributed by atoms with Gasteiger partial charge in [-0.2, -0.15) is 0 Å². The maximum absolute atomic E-state index is 12.0. The molecule has 2 N–H and O–H groups in total. The Morgan fingerprint density at radius 3 is 3.05 bits per heavy atom. The van der Waals surface area contributed by atoms with E-state index in [0.717, 1.165) is 48.8 Å². The Kier molecular flexibility index (Phi) is 4.36. The van der Waals surface area contributed by atoms with Gasteiger partial charge in [-0.3, -0.25) is 9.69 Å². The third-order valence-corrected chi connectivity index (χ3v) is 4.41. The van der Waals surface area contributed by atoms with Gasteiger partial charge in [-0.1, -0.05) is 18.2 Å². The average molecular weight is 286 g/mol. The number of aliphatic hydroxyl groups excluding tert-OH is 1. The second-order valence-electron chi connectivity index (χ2n) is 5.83. The van der Waals surface area contributed by atoms with E-state index in [2.05, 4.69) is 16.0 Å². The van der Waals surface area contributed by atoms with Crippen molar-refractivity contribution in [1.29, 1.82) is 0 Å². The average Bonchev–Trinajstić information content (AvgIpc) is 2.95. The van der Waals surface area contributed by atoms with Gasteiger partial charge in [0.1, 0.15) is 0 Å². The second-order valence-corrected chi connectivity index (χ2v) is 5.83. The second kappa shape index (κ2) is 6.41. The van der Waals surface area contributed by atoms with Crippen LogP contribution in [0.2, 0.25) is 0 Å². The summed E-state index contributed by atoms with van der Waals surface area (Å²) in [7, 11) is 0. The van der Waals surface area contributed by atoms with Crippen molar-refractivity contribution in [3.05, 3.63) is 46.4 Å². The SMILES string of the molecule is O=c1[nH]c(CCCN2CCCC2CO)cc2ccccc12. The highest BCUT2D eigenvalue weighted by molar-refractivity contribution is 5.81. The summed E-state index contributed by atoms with van der Waals surface area (Å²) in [4.78, 5) is 17.4. The molecule has 1 saturated heterocycles. The molecular formula is C17H22N2O2. The summed E-state index contributed by atoms with van der Waals surface area (Å²) >= 11 is 0. The van der Waals surface area contributed by atoms with Gasteiger partial charge in [0.25, 0.3) is 5.56 Å². The number of nitrogens with zero attached hydrogens (tertiary/aromatic N) is 1. The van der Waals surface area contributed by atoms with Crippen molar-refractivity contribution in [2.24, 2.45) is 0 Å². The van der Waals surface area contributed by atoms with Gasteiger partial charge < -0.3 is 10.1 Å². The van der Waals surface area contributed by atoms with Gasteiger partial charge in [0.2, 0.25) is 0 Å². The molecule has 1 atom stereocenters. The van der Waals surface area contributed by atoms with Gasteiger partial charge in [0.05, 0.1) is 6.61 Å². The molecule has 1 aromatic carbocycles. The minimum absolute atomic E-state index is 0.00231. The third-order valence-electron chi connectivity index (χ3n) is 4.41. The maximum atomic E-state index is 12.0. The summed E-state index contributed by atoms with van der Waals surface area (Å²) in [6.45, 7) is 2.33. The van der Waals surface area contributed by atoms with Crippen molar-refractivity contribution in [2.45, 2.75) is 31.7 Å². The number of H-pyrrole nitrogens is 1. The van der Waals surface area contributed by atoms with Crippen LogP contribution < -0.4 is 5.56 Å². The molecule has 0 radical (unpaired) electrons. The maximum Gasteiger partial charge on any atom is 0.256 e. The highest BCUT2D eigenvalue weighted by Gasteiger charge is 2.22. The highest BCUT2D eigenvalue weighted by atomic mass is 16.3. The van der Waals surface area contributed by atoms with Crippen LogP contribution in [-0.2, 0) is 6.42 Å². The molecule has 2 aromatic rings. The number of hydrogen-bond donors (Lipinski definition) is 2. The summed E-state index contributed by atoms with van der Waals surface area (Å²) in [5, 5.41) is 11.1. The molecule has 4 nitrogen and oxygen atoms in total. The van der Waals surface area contributed by atoms with Crippen LogP contribution in [0.15, 0.2) is 35.1 Å². The molecule has 4 heteroatoms. The lowest BCUT2D eigenvalue weighted by atomic mass is 10.1. The summed E-state index contributed by atoms with van der Waals surface area (Å²) in [6, 6.07) is 10.1. The van der Waals surface area contributed by atoms with E-state index < -0.39 is 0 Å². The zero-order valence-electron chi connectivity index (χ0n) is 12.2. The number of aliphatic hydroxyl groups is 1. The first-order valence-corrected chi connectivity index (χ1v) is 7.74. The van der Waals surface area contributed by atoms with E-state index in [1.807, 2.05) is 24.3 Å². The van der Waals surface area contributed by atoms with Crippen molar-refractivity contribution in [1.82, 2.24) is 9.88 Å². The normalized spacial score (nSPS) is 19.4. The van der Waals surface area contributed by atoms with Crippen LogP contribution in [0.1, 0.15) is 25.0 Å². The van der Waals surface area contributed by atoms with E-state index in [1.54, 1.807) is 0 Å². The molecule has 3 rings (SSSR count). The van der Waals surface area contributed by atoms with E-state index in [-0.39, 0.29) is 12.2 Å². The van der Waals surface area contributed by atoms with Crippen LogP contribution in [0.25, 0.3) is 10.8 Å². The summed E-state index contributed by atoms with van der Waals surface area (Å²) in [5.74, 6) is 0. The van der Waals surface area contributed by atoms with Gasteiger partial charge in [-0.25, -0.2) is 0 Å². The van der Waals surface area contributed by atoms with Gasteiger partial charge in [0, 0.05) is 17.1 Å². The number of likely N-dealkylation sites (tertiary alicyclic amines) is 1. The van der Waals surface area contributed by atoms with Crippen molar-refractivity contribution in [3.63, 3.8) is 0 Å². The topological polar surface area (TPSA) is 56.3 Å². The van der Waals surface area contributed by atoms with E-state index in [0.29, 0.717) is 6.04 Å². The lowest BCUT2D eigenvalue weighted by molar-refractivity contribution is 0.158. The van der Waals surface area contributed by atoms with Gasteiger partial charge in [0.15, 0.2) is 0 Å². The van der Waals surface area contributed by atoms with Crippen molar-refractivity contribution < 1.29 is 5.11 Å². The van der Waals surface area contributed by atoms with Gasteiger partial charge in [-0.05, 0) is 56.3 Å². The first-order valence-electron chi connectivity index (χ1n) is 7.74. The fraction of sp³-hybridized carbons (Fsp3) is 0.471. The summed E-state index contributed by atoms with van der Waals surface area (Å²) in [6.07, 6.45) is 4.15. The lowest BCUT2D eigenvalue weighted by Gasteiger charge is -2.22. The fourth-order valence-corrected chi connectivity index (χ4v) is 3.27. The minimum Gasteiger partial charge on any atom is -0.395 e. The number of aryl methyl sites for hydroxylation is 1. The number of aromatic nitrogens is 1. The van der Waals surface area contributed by atoms with Crippen LogP contribution in [-0.4, -0.2) is 40.7 Å². The standard InChI is InChI=1S/C17H22N2O2/c20-12-15-7-4-10-19(15)9-3-6-14-11-13-5-1-2-8-16(13)17(21)18-14/h1-2,5,8,11,15,20H,3-4,6-7,9-10,12H2,(H,18,21). The molecule has 1 aliphatic rings. The number of fused-ring (bicyclic) bond motifs is 1. The molecule has 0 spiro atoms. The fourth-order valence-electron chi connectivity index (χ4n) is 3.27. The van der Waals surface area contributed by atoms with Gasteiger partial charge in [-0.15, -0.1) is 0 Å². The van der Waals surface area contributed by atoms with Crippen LogP contribution in [0.5, 0.6) is 0 Å². The quantitative estimate of drug-likeness (QED) is 0.883. The monoisotopic (exact) mass is 286 g/mol. The molecule has 112 valence electrons. The molecule has 0 saturated carbocycles. The zero-order chi connectivity index (χ0) is 14.7. The van der Waals surface area contributed by atoms with Crippen LogP contribution >= 0.6 is 0 Å². The predicted octanol–water partition coefficient (Wildman–Crippen LogP) is 1.92. The van der Waals surface area contributed by atoms with Crippen LogP contribution in [0, 0.1) is 0 Å². The van der Waals surface area contributed by atoms with E-state index in [4.69, 9.17) is 0 Å². The first kappa shape index (κ1) is 14.3. The molecule has 1 unspecified atom stereocenters. The minimum atomic E-state index is -0.00231. The Morgan fingerprint density at radius 1 is 1.33 bits per heavy atom. The van der Waals surface area contributed by atoms with Crippen molar-refractivity contribution in [2.75, 3.05) is 19.7 Å². The van der Waals surface area contributed by atoms with Crippen LogP contribution in [0.4, 0.5) is 0 Å². The Labute approximate surface area is 124 Å². The molecule has 0 aliphatic carbocycles. The number of aromatic amines is 1.